The Morgan fingerprint density at radius 3 is 2.62 bits per heavy atom. The number of rotatable bonds is 6. The van der Waals surface area contributed by atoms with Gasteiger partial charge in [0.25, 0.3) is 0 Å². The Hall–Kier alpha value is -1.55. The number of nitrogens with one attached hydrogen (secondary N) is 1. The molecule has 0 saturated heterocycles. The van der Waals surface area contributed by atoms with E-state index >= 15 is 0 Å². The van der Waals surface area contributed by atoms with E-state index in [1.54, 1.807) is 4.90 Å². The molecule has 0 aromatic heterocycles. The van der Waals surface area contributed by atoms with E-state index in [0.717, 1.165) is 25.2 Å². The molecule has 2 amide bonds. The van der Waals surface area contributed by atoms with Crippen molar-refractivity contribution >= 4 is 11.7 Å². The van der Waals surface area contributed by atoms with Crippen molar-refractivity contribution in [2.45, 2.75) is 13.3 Å². The number of benzene rings is 1. The van der Waals surface area contributed by atoms with Crippen LogP contribution in [0.4, 0.5) is 10.5 Å². The third kappa shape index (κ3) is 3.90. The number of para-hydroxylation sites is 1. The first kappa shape index (κ1) is 12.5. The molecule has 0 aliphatic heterocycles. The lowest BCUT2D eigenvalue weighted by Crippen LogP contribution is -2.37. The second-order valence-corrected chi connectivity index (χ2v) is 3.53. The zero-order valence-electron chi connectivity index (χ0n) is 9.65. The fourth-order valence-corrected chi connectivity index (χ4v) is 1.51. The molecule has 1 rings (SSSR count). The van der Waals surface area contributed by atoms with Gasteiger partial charge in [-0.05, 0) is 31.6 Å². The van der Waals surface area contributed by atoms with Gasteiger partial charge in [0.15, 0.2) is 0 Å². The van der Waals surface area contributed by atoms with Gasteiger partial charge in [0.2, 0.25) is 0 Å². The molecule has 16 heavy (non-hydrogen) atoms. The lowest BCUT2D eigenvalue weighted by Gasteiger charge is -2.20. The maximum Gasteiger partial charge on any atom is 0.319 e. The third-order valence-corrected chi connectivity index (χ3v) is 2.32. The van der Waals surface area contributed by atoms with Gasteiger partial charge in [-0.15, -0.1) is 0 Å². The van der Waals surface area contributed by atoms with Gasteiger partial charge < -0.3 is 11.1 Å². The number of anilines is 1. The normalized spacial score (nSPS) is 10.1. The molecule has 0 atom stereocenters. The average Bonchev–Trinajstić information content (AvgIpc) is 2.30. The van der Waals surface area contributed by atoms with Crippen molar-refractivity contribution in [1.82, 2.24) is 5.32 Å². The predicted octanol–water partition coefficient (Wildman–Crippen LogP) is 1.57. The highest BCUT2D eigenvalue weighted by atomic mass is 16.2. The molecular formula is C12H19N3O. The Bertz CT molecular complexity index is 313. The molecule has 0 fully saturated rings. The smallest absolute Gasteiger partial charge is 0.319 e. The maximum atomic E-state index is 11.3. The van der Waals surface area contributed by atoms with Gasteiger partial charge in [-0.2, -0.15) is 0 Å². The number of carbonyl (C=O) groups is 1. The summed E-state index contributed by atoms with van der Waals surface area (Å²) < 4.78 is 0. The van der Waals surface area contributed by atoms with Crippen LogP contribution in [0.25, 0.3) is 0 Å². The minimum Gasteiger partial charge on any atom is -0.351 e. The molecule has 0 bridgehead atoms. The van der Waals surface area contributed by atoms with Crippen molar-refractivity contribution in [3.05, 3.63) is 30.3 Å². The van der Waals surface area contributed by atoms with E-state index in [4.69, 9.17) is 5.73 Å². The average molecular weight is 221 g/mol. The van der Waals surface area contributed by atoms with Crippen LogP contribution in [0, 0.1) is 0 Å². The Labute approximate surface area is 96.4 Å². The first-order valence-electron chi connectivity index (χ1n) is 5.58. The summed E-state index contributed by atoms with van der Waals surface area (Å²) in [6, 6.07) is 9.09. The molecule has 88 valence electrons. The topological polar surface area (TPSA) is 58.4 Å². The summed E-state index contributed by atoms with van der Waals surface area (Å²) in [4.78, 5) is 12.9. The SMILES string of the molecule is CCNCCCN(C(N)=O)c1ccccc1. The minimum absolute atomic E-state index is 0.400. The monoisotopic (exact) mass is 221 g/mol. The van der Waals surface area contributed by atoms with E-state index in [9.17, 15) is 4.79 Å². The van der Waals surface area contributed by atoms with Crippen molar-refractivity contribution in [3.8, 4) is 0 Å². The third-order valence-electron chi connectivity index (χ3n) is 2.32. The first-order valence-corrected chi connectivity index (χ1v) is 5.58. The summed E-state index contributed by atoms with van der Waals surface area (Å²) in [5, 5.41) is 3.22. The molecule has 0 radical (unpaired) electrons. The van der Waals surface area contributed by atoms with Crippen LogP contribution in [0.15, 0.2) is 30.3 Å². The van der Waals surface area contributed by atoms with Crippen molar-refractivity contribution in [3.63, 3.8) is 0 Å². The van der Waals surface area contributed by atoms with Crippen LogP contribution >= 0.6 is 0 Å². The number of amides is 2. The Morgan fingerprint density at radius 2 is 2.06 bits per heavy atom. The quantitative estimate of drug-likeness (QED) is 0.716. The summed E-state index contributed by atoms with van der Waals surface area (Å²) in [6.07, 6.45) is 0.895. The first-order chi connectivity index (χ1) is 7.75. The number of hydrogen-bond acceptors (Lipinski definition) is 2. The molecule has 0 heterocycles. The fourth-order valence-electron chi connectivity index (χ4n) is 1.51. The second kappa shape index (κ2) is 6.85. The van der Waals surface area contributed by atoms with Crippen molar-refractivity contribution in [2.24, 2.45) is 5.73 Å². The lowest BCUT2D eigenvalue weighted by molar-refractivity contribution is 0.254. The highest BCUT2D eigenvalue weighted by Gasteiger charge is 2.10. The van der Waals surface area contributed by atoms with Crippen molar-refractivity contribution < 1.29 is 4.79 Å². The zero-order chi connectivity index (χ0) is 11.8. The molecule has 4 nitrogen and oxygen atoms in total. The van der Waals surface area contributed by atoms with E-state index < -0.39 is 6.03 Å². The molecule has 0 aliphatic carbocycles. The van der Waals surface area contributed by atoms with E-state index in [0.29, 0.717) is 6.54 Å². The van der Waals surface area contributed by atoms with Crippen LogP contribution in [0.5, 0.6) is 0 Å². The summed E-state index contributed by atoms with van der Waals surface area (Å²) in [6.45, 7) is 4.55. The number of hydrogen-bond donors (Lipinski definition) is 2. The highest BCUT2D eigenvalue weighted by Crippen LogP contribution is 2.12. The van der Waals surface area contributed by atoms with Gasteiger partial charge in [-0.25, -0.2) is 4.79 Å². The standard InChI is InChI=1S/C12H19N3O/c1-2-14-9-6-10-15(12(13)16)11-7-4-3-5-8-11/h3-5,7-8,14H,2,6,9-10H2,1H3,(H2,13,16). The Balaban J connectivity index is 2.52. The second-order valence-electron chi connectivity index (χ2n) is 3.53. The van der Waals surface area contributed by atoms with Crippen LogP contribution in [0.1, 0.15) is 13.3 Å². The van der Waals surface area contributed by atoms with Gasteiger partial charge in [-0.3, -0.25) is 4.90 Å². The van der Waals surface area contributed by atoms with Crippen molar-refractivity contribution in [2.75, 3.05) is 24.5 Å². The molecule has 4 heteroatoms. The zero-order valence-corrected chi connectivity index (χ0v) is 9.65. The number of nitrogens with two attached hydrogens (primary N) is 1. The van der Waals surface area contributed by atoms with Crippen LogP contribution in [-0.2, 0) is 0 Å². The molecule has 0 aliphatic rings. The van der Waals surface area contributed by atoms with Crippen molar-refractivity contribution in [1.29, 1.82) is 0 Å². The fraction of sp³-hybridized carbons (Fsp3) is 0.417. The molecule has 3 N–H and O–H groups in total. The van der Waals surface area contributed by atoms with E-state index in [2.05, 4.69) is 12.2 Å². The van der Waals surface area contributed by atoms with Crippen LogP contribution in [0.2, 0.25) is 0 Å². The summed E-state index contributed by atoms with van der Waals surface area (Å²) in [7, 11) is 0. The summed E-state index contributed by atoms with van der Waals surface area (Å²) in [5.74, 6) is 0. The molecule has 1 aromatic rings. The number of carbonyl (C=O) groups excluding carboxylic acids is 1. The van der Waals surface area contributed by atoms with Gasteiger partial charge in [0, 0.05) is 12.2 Å². The maximum absolute atomic E-state index is 11.3. The highest BCUT2D eigenvalue weighted by molar-refractivity contribution is 5.90. The number of urea groups is 1. The van der Waals surface area contributed by atoms with Gasteiger partial charge in [0.1, 0.15) is 0 Å². The Morgan fingerprint density at radius 1 is 1.38 bits per heavy atom. The van der Waals surface area contributed by atoms with Crippen LogP contribution in [-0.4, -0.2) is 25.7 Å². The predicted molar refractivity (Wildman–Crippen MR) is 66.5 cm³/mol. The van der Waals surface area contributed by atoms with Gasteiger partial charge in [0.05, 0.1) is 0 Å². The molecule has 0 spiro atoms. The van der Waals surface area contributed by atoms with Crippen LogP contribution < -0.4 is 16.0 Å². The van der Waals surface area contributed by atoms with E-state index in [1.165, 1.54) is 0 Å². The number of nitrogens with zero attached hydrogens (tertiary/aromatic N) is 1. The van der Waals surface area contributed by atoms with Gasteiger partial charge >= 0.3 is 6.03 Å². The minimum atomic E-state index is -0.400. The van der Waals surface area contributed by atoms with Gasteiger partial charge in [-0.1, -0.05) is 25.1 Å². The molecule has 1 aromatic carbocycles. The van der Waals surface area contributed by atoms with Crippen LogP contribution in [0.3, 0.4) is 0 Å². The Kier molecular flexibility index (Phi) is 5.36. The molecular weight excluding hydrogens is 202 g/mol. The van der Waals surface area contributed by atoms with E-state index in [1.807, 2.05) is 30.3 Å². The molecule has 0 unspecified atom stereocenters. The summed E-state index contributed by atoms with van der Waals surface area (Å²) in [5.41, 5.74) is 6.20. The summed E-state index contributed by atoms with van der Waals surface area (Å²) >= 11 is 0. The lowest BCUT2D eigenvalue weighted by atomic mass is 10.3. The number of primary amides is 1. The van der Waals surface area contributed by atoms with E-state index in [-0.39, 0.29) is 0 Å². The largest absolute Gasteiger partial charge is 0.351 e. The molecule has 0 saturated carbocycles.